The van der Waals surface area contributed by atoms with Crippen LogP contribution in [0.25, 0.3) is 0 Å². The van der Waals surface area contributed by atoms with Gasteiger partial charge in [-0.2, -0.15) is 13.2 Å². The molecule has 0 fully saturated rings. The smallest absolute Gasteiger partial charge is 0.433 e. The van der Waals surface area contributed by atoms with Crippen molar-refractivity contribution < 1.29 is 17.9 Å². The van der Waals surface area contributed by atoms with Crippen LogP contribution >= 0.6 is 0 Å². The molecule has 1 aromatic heterocycles. The number of aromatic nitrogens is 1. The summed E-state index contributed by atoms with van der Waals surface area (Å²) in [5.41, 5.74) is 5.63. The molecule has 2 N–H and O–H groups in total. The highest BCUT2D eigenvalue weighted by molar-refractivity contribution is 5.29. The van der Waals surface area contributed by atoms with E-state index < -0.39 is 11.9 Å². The van der Waals surface area contributed by atoms with E-state index in [4.69, 9.17) is 10.5 Å². The van der Waals surface area contributed by atoms with Gasteiger partial charge in [-0.3, -0.25) is 4.98 Å². The van der Waals surface area contributed by atoms with Crippen molar-refractivity contribution in [3.05, 3.63) is 47.5 Å². The van der Waals surface area contributed by atoms with Crippen molar-refractivity contribution in [1.82, 2.24) is 4.98 Å². The summed E-state index contributed by atoms with van der Waals surface area (Å²) in [7, 11) is 0. The number of alkyl halides is 3. The number of halogens is 3. The molecule has 0 atom stereocenters. The summed E-state index contributed by atoms with van der Waals surface area (Å²) in [4.78, 5) is 3.28. The molecule has 0 spiro atoms. The van der Waals surface area contributed by atoms with E-state index >= 15 is 0 Å². The molecule has 0 radical (unpaired) electrons. The minimum absolute atomic E-state index is 0.137. The van der Waals surface area contributed by atoms with Gasteiger partial charge in [0.1, 0.15) is 17.2 Å². The summed E-state index contributed by atoms with van der Waals surface area (Å²) in [6.45, 7) is 0.483. The minimum atomic E-state index is -4.47. The summed E-state index contributed by atoms with van der Waals surface area (Å²) in [6.07, 6.45) is 1.59. The van der Waals surface area contributed by atoms with E-state index in [1.165, 1.54) is 6.07 Å². The van der Waals surface area contributed by atoms with Crippen LogP contribution in [0.1, 0.15) is 18.5 Å². The number of nitrogens with zero attached hydrogens (tertiary/aromatic N) is 1. The Kier molecular flexibility index (Phi) is 3.90. The van der Waals surface area contributed by atoms with Gasteiger partial charge in [-0.05, 0) is 18.6 Å². The average Bonchev–Trinajstić information content (AvgIpc) is 2.39. The summed E-state index contributed by atoms with van der Waals surface area (Å²) in [6, 6.07) is 2.29. The average molecular weight is 270 g/mol. The third kappa shape index (κ3) is 3.57. The van der Waals surface area contributed by atoms with Gasteiger partial charge in [0, 0.05) is 25.2 Å². The lowest BCUT2D eigenvalue weighted by Gasteiger charge is -2.15. The molecule has 0 unspecified atom stereocenters. The lowest BCUT2D eigenvalue weighted by molar-refractivity contribution is -0.141. The van der Waals surface area contributed by atoms with Crippen LogP contribution in [-0.4, -0.2) is 11.5 Å². The highest BCUT2D eigenvalue weighted by Crippen LogP contribution is 2.30. The first-order valence-corrected chi connectivity index (χ1v) is 5.79. The molecule has 0 saturated heterocycles. The van der Waals surface area contributed by atoms with Crippen LogP contribution in [0, 0.1) is 0 Å². The van der Waals surface area contributed by atoms with E-state index in [0.717, 1.165) is 24.3 Å². The van der Waals surface area contributed by atoms with Gasteiger partial charge in [-0.25, -0.2) is 0 Å². The predicted octanol–water partition coefficient (Wildman–Crippen LogP) is 3.04. The maximum atomic E-state index is 12.5. The number of rotatable bonds is 3. The molecule has 3 nitrogen and oxygen atoms in total. The first-order valence-electron chi connectivity index (χ1n) is 5.79. The molecule has 1 heterocycles. The van der Waals surface area contributed by atoms with Gasteiger partial charge < -0.3 is 10.5 Å². The van der Waals surface area contributed by atoms with Gasteiger partial charge >= 0.3 is 6.18 Å². The molecule has 0 aliphatic heterocycles. The van der Waals surface area contributed by atoms with Crippen molar-refractivity contribution in [1.29, 1.82) is 0 Å². The highest BCUT2D eigenvalue weighted by Gasteiger charge is 2.32. The first-order chi connectivity index (χ1) is 8.99. The molecular weight excluding hydrogens is 257 g/mol. The normalized spacial score (nSPS) is 15.8. The fourth-order valence-electron chi connectivity index (χ4n) is 1.70. The third-order valence-corrected chi connectivity index (χ3v) is 2.73. The second kappa shape index (κ2) is 5.44. The Balaban J connectivity index is 2.12. The lowest BCUT2D eigenvalue weighted by Crippen LogP contribution is -2.09. The van der Waals surface area contributed by atoms with Gasteiger partial charge in [-0.15, -0.1) is 0 Å². The number of hydrogen-bond acceptors (Lipinski definition) is 3. The topological polar surface area (TPSA) is 48.1 Å². The second-order valence-electron chi connectivity index (χ2n) is 4.14. The Morgan fingerprint density at radius 1 is 1.26 bits per heavy atom. The molecule has 2 rings (SSSR count). The van der Waals surface area contributed by atoms with Crippen LogP contribution < -0.4 is 10.5 Å². The van der Waals surface area contributed by atoms with Crippen molar-refractivity contribution >= 4 is 0 Å². The number of allylic oxidation sites excluding steroid dienone is 3. The maximum Gasteiger partial charge on any atom is 0.433 e. The summed E-state index contributed by atoms with van der Waals surface area (Å²) in [5.74, 6) is 0.759. The van der Waals surface area contributed by atoms with Crippen LogP contribution in [0.4, 0.5) is 13.2 Å². The van der Waals surface area contributed by atoms with E-state index in [-0.39, 0.29) is 5.75 Å². The second-order valence-corrected chi connectivity index (χ2v) is 4.14. The van der Waals surface area contributed by atoms with Crippen LogP contribution in [0.15, 0.2) is 41.8 Å². The zero-order valence-corrected chi connectivity index (χ0v) is 10.1. The van der Waals surface area contributed by atoms with Crippen LogP contribution in [0.2, 0.25) is 0 Å². The molecule has 19 heavy (non-hydrogen) atoms. The quantitative estimate of drug-likeness (QED) is 0.918. The Morgan fingerprint density at radius 3 is 2.63 bits per heavy atom. The van der Waals surface area contributed by atoms with Crippen molar-refractivity contribution in [3.63, 3.8) is 0 Å². The molecule has 1 aliphatic rings. The van der Waals surface area contributed by atoms with Crippen molar-refractivity contribution in [2.24, 2.45) is 5.73 Å². The van der Waals surface area contributed by atoms with Crippen LogP contribution in [0.5, 0.6) is 5.75 Å². The van der Waals surface area contributed by atoms with E-state index in [9.17, 15) is 13.2 Å². The van der Waals surface area contributed by atoms with E-state index in [1.54, 1.807) is 6.08 Å². The van der Waals surface area contributed by atoms with Crippen LogP contribution in [-0.2, 0) is 6.18 Å². The van der Waals surface area contributed by atoms with Gasteiger partial charge in [0.05, 0.1) is 0 Å². The van der Waals surface area contributed by atoms with Crippen molar-refractivity contribution in [3.8, 4) is 5.75 Å². The number of ether oxygens (including phenoxy) is 1. The largest absolute Gasteiger partial charge is 0.462 e. The standard InChI is InChI=1S/C13H13F3N2O/c14-13(15,16)12-7-11(5-6-18-12)19-10-3-1-9(8-17)2-4-10/h1,3,5-7H,2,4,8,17H2. The third-order valence-electron chi connectivity index (χ3n) is 2.73. The molecule has 102 valence electrons. The molecule has 6 heteroatoms. The minimum Gasteiger partial charge on any atom is -0.462 e. The number of pyridine rings is 1. The van der Waals surface area contributed by atoms with E-state index in [2.05, 4.69) is 4.98 Å². The maximum absolute atomic E-state index is 12.5. The monoisotopic (exact) mass is 270 g/mol. The SMILES string of the molecule is NCC1=CC=C(Oc2ccnc(C(F)(F)F)c2)CC1. The Morgan fingerprint density at radius 2 is 2.05 bits per heavy atom. The lowest BCUT2D eigenvalue weighted by atomic mass is 10.0. The molecule has 0 aromatic carbocycles. The molecule has 1 aliphatic carbocycles. The van der Waals surface area contributed by atoms with Crippen LogP contribution in [0.3, 0.4) is 0 Å². The number of nitrogens with two attached hydrogens (primary N) is 1. The summed E-state index contributed by atoms with van der Waals surface area (Å²) < 4.78 is 42.9. The zero-order chi connectivity index (χ0) is 13.9. The van der Waals surface area contributed by atoms with E-state index in [1.807, 2.05) is 6.08 Å². The van der Waals surface area contributed by atoms with Gasteiger partial charge in [0.2, 0.25) is 0 Å². The fourth-order valence-corrected chi connectivity index (χ4v) is 1.70. The number of hydrogen-bond donors (Lipinski definition) is 1. The molecule has 0 amide bonds. The summed E-state index contributed by atoms with van der Waals surface area (Å²) >= 11 is 0. The first kappa shape index (κ1) is 13.6. The fraction of sp³-hybridized carbons (Fsp3) is 0.308. The summed E-state index contributed by atoms with van der Waals surface area (Å²) in [5, 5.41) is 0. The Labute approximate surface area is 108 Å². The molecular formula is C13H13F3N2O. The molecule has 0 bridgehead atoms. The van der Waals surface area contributed by atoms with Gasteiger partial charge in [-0.1, -0.05) is 11.6 Å². The van der Waals surface area contributed by atoms with Gasteiger partial charge in [0.25, 0.3) is 0 Å². The highest BCUT2D eigenvalue weighted by atomic mass is 19.4. The predicted molar refractivity (Wildman–Crippen MR) is 64.3 cm³/mol. The van der Waals surface area contributed by atoms with Crippen molar-refractivity contribution in [2.45, 2.75) is 19.0 Å². The molecule has 0 saturated carbocycles. The molecule has 1 aromatic rings. The van der Waals surface area contributed by atoms with Crippen molar-refractivity contribution in [2.75, 3.05) is 6.54 Å². The Hall–Kier alpha value is -1.82. The van der Waals surface area contributed by atoms with E-state index in [0.29, 0.717) is 18.7 Å². The Bertz CT molecular complexity index is 521. The zero-order valence-electron chi connectivity index (χ0n) is 10.1. The van der Waals surface area contributed by atoms with Gasteiger partial charge in [0.15, 0.2) is 0 Å².